The summed E-state index contributed by atoms with van der Waals surface area (Å²) in [4.78, 5) is 4.43. The van der Waals surface area contributed by atoms with Crippen LogP contribution in [0.1, 0.15) is 36.8 Å². The largest absolute Gasteiger partial charge is 0.335 e. The Bertz CT molecular complexity index is 563. The summed E-state index contributed by atoms with van der Waals surface area (Å²) in [7, 11) is 0. The maximum atomic E-state index is 13.3. The number of halogens is 1. The van der Waals surface area contributed by atoms with E-state index in [9.17, 15) is 4.39 Å². The van der Waals surface area contributed by atoms with Gasteiger partial charge in [0, 0.05) is 31.4 Å². The number of benzene rings is 1. The summed E-state index contributed by atoms with van der Waals surface area (Å²) in [5, 5.41) is 3.47. The Morgan fingerprint density at radius 2 is 2.15 bits per heavy atom. The molecule has 0 fully saturated rings. The highest BCUT2D eigenvalue weighted by Crippen LogP contribution is 2.22. The standard InChI is InChI=1S/C16H22FN3/c1-4-18-15(11-16-19-8-9-20(16)5-2)14-7-6-13(17)10-12(14)3/h6-10,15,18H,4-5,11H2,1-3H3. The van der Waals surface area contributed by atoms with Gasteiger partial charge in [-0.3, -0.25) is 0 Å². The smallest absolute Gasteiger partial charge is 0.123 e. The van der Waals surface area contributed by atoms with Gasteiger partial charge in [0.15, 0.2) is 0 Å². The fraction of sp³-hybridized carbons (Fsp3) is 0.438. The van der Waals surface area contributed by atoms with Gasteiger partial charge in [-0.25, -0.2) is 9.37 Å². The van der Waals surface area contributed by atoms with Gasteiger partial charge >= 0.3 is 0 Å². The summed E-state index contributed by atoms with van der Waals surface area (Å²) >= 11 is 0. The lowest BCUT2D eigenvalue weighted by atomic mass is 9.98. The Morgan fingerprint density at radius 3 is 2.80 bits per heavy atom. The predicted octanol–water partition coefficient (Wildman–Crippen LogP) is 3.24. The average Bonchev–Trinajstić information content (AvgIpc) is 2.85. The average molecular weight is 275 g/mol. The van der Waals surface area contributed by atoms with Crippen molar-refractivity contribution in [2.24, 2.45) is 0 Å². The molecule has 0 radical (unpaired) electrons. The molecule has 1 unspecified atom stereocenters. The summed E-state index contributed by atoms with van der Waals surface area (Å²) < 4.78 is 15.4. The predicted molar refractivity (Wildman–Crippen MR) is 79.2 cm³/mol. The van der Waals surface area contributed by atoms with Crippen LogP contribution >= 0.6 is 0 Å². The van der Waals surface area contributed by atoms with Crippen LogP contribution in [-0.4, -0.2) is 16.1 Å². The Kier molecular flexibility index (Phi) is 4.90. The maximum Gasteiger partial charge on any atom is 0.123 e. The third-order valence-electron chi connectivity index (χ3n) is 3.59. The SMILES string of the molecule is CCNC(Cc1nccn1CC)c1ccc(F)cc1C. The van der Waals surface area contributed by atoms with Crippen molar-refractivity contribution < 1.29 is 4.39 Å². The van der Waals surface area contributed by atoms with E-state index < -0.39 is 0 Å². The van der Waals surface area contributed by atoms with E-state index in [-0.39, 0.29) is 11.9 Å². The molecular formula is C16H22FN3. The van der Waals surface area contributed by atoms with E-state index in [1.54, 1.807) is 6.07 Å². The molecule has 0 saturated heterocycles. The van der Waals surface area contributed by atoms with Crippen LogP contribution in [0.15, 0.2) is 30.6 Å². The molecule has 1 aromatic carbocycles. The van der Waals surface area contributed by atoms with Crippen molar-refractivity contribution in [3.63, 3.8) is 0 Å². The molecule has 0 bridgehead atoms. The quantitative estimate of drug-likeness (QED) is 0.877. The first-order valence-electron chi connectivity index (χ1n) is 7.15. The van der Waals surface area contributed by atoms with Gasteiger partial charge in [-0.1, -0.05) is 13.0 Å². The van der Waals surface area contributed by atoms with E-state index >= 15 is 0 Å². The van der Waals surface area contributed by atoms with E-state index in [2.05, 4.69) is 28.7 Å². The highest BCUT2D eigenvalue weighted by Gasteiger charge is 2.16. The number of rotatable bonds is 6. The lowest BCUT2D eigenvalue weighted by Crippen LogP contribution is -2.25. The topological polar surface area (TPSA) is 29.9 Å². The first-order chi connectivity index (χ1) is 9.65. The number of hydrogen-bond acceptors (Lipinski definition) is 2. The van der Waals surface area contributed by atoms with Crippen molar-refractivity contribution >= 4 is 0 Å². The molecule has 1 atom stereocenters. The summed E-state index contributed by atoms with van der Waals surface area (Å²) in [6.07, 6.45) is 4.64. The van der Waals surface area contributed by atoms with Crippen LogP contribution in [0, 0.1) is 12.7 Å². The van der Waals surface area contributed by atoms with Gasteiger partial charge in [-0.2, -0.15) is 0 Å². The number of aryl methyl sites for hydroxylation is 2. The van der Waals surface area contributed by atoms with Crippen molar-refractivity contribution in [3.05, 3.63) is 53.4 Å². The van der Waals surface area contributed by atoms with Crippen LogP contribution in [0.25, 0.3) is 0 Å². The van der Waals surface area contributed by atoms with E-state index in [1.807, 2.05) is 25.4 Å². The lowest BCUT2D eigenvalue weighted by Gasteiger charge is -2.20. The molecule has 2 aromatic rings. The zero-order chi connectivity index (χ0) is 14.5. The van der Waals surface area contributed by atoms with Crippen molar-refractivity contribution in [2.75, 3.05) is 6.54 Å². The normalized spacial score (nSPS) is 12.6. The third kappa shape index (κ3) is 3.25. The number of likely N-dealkylation sites (N-methyl/N-ethyl adjacent to an activating group) is 1. The molecule has 0 aliphatic rings. The van der Waals surface area contributed by atoms with Gasteiger partial charge < -0.3 is 9.88 Å². The van der Waals surface area contributed by atoms with Crippen LogP contribution in [0.4, 0.5) is 4.39 Å². The monoisotopic (exact) mass is 275 g/mol. The van der Waals surface area contributed by atoms with E-state index in [4.69, 9.17) is 0 Å². The fourth-order valence-corrected chi connectivity index (χ4v) is 2.57. The van der Waals surface area contributed by atoms with Gasteiger partial charge in [0.1, 0.15) is 11.6 Å². The summed E-state index contributed by atoms with van der Waals surface area (Å²) in [6, 6.07) is 5.15. The lowest BCUT2D eigenvalue weighted by molar-refractivity contribution is 0.518. The summed E-state index contributed by atoms with van der Waals surface area (Å²) in [5.41, 5.74) is 2.12. The van der Waals surface area contributed by atoms with Gasteiger partial charge in [-0.15, -0.1) is 0 Å². The van der Waals surface area contributed by atoms with E-state index in [1.165, 1.54) is 6.07 Å². The molecule has 0 spiro atoms. The van der Waals surface area contributed by atoms with E-state index in [0.29, 0.717) is 0 Å². The third-order valence-corrected chi connectivity index (χ3v) is 3.59. The molecular weight excluding hydrogens is 253 g/mol. The minimum atomic E-state index is -0.184. The second-order valence-corrected chi connectivity index (χ2v) is 4.94. The number of nitrogens with zero attached hydrogens (tertiary/aromatic N) is 2. The summed E-state index contributed by atoms with van der Waals surface area (Å²) in [6.45, 7) is 7.93. The molecule has 1 N–H and O–H groups in total. The Morgan fingerprint density at radius 1 is 1.35 bits per heavy atom. The molecule has 4 heteroatoms. The Hall–Kier alpha value is -1.68. The first-order valence-corrected chi connectivity index (χ1v) is 7.15. The van der Waals surface area contributed by atoms with Gasteiger partial charge in [-0.05, 0) is 43.7 Å². The summed E-state index contributed by atoms with van der Waals surface area (Å²) in [5.74, 6) is 0.874. The molecule has 0 aliphatic carbocycles. The number of imidazole rings is 1. The zero-order valence-corrected chi connectivity index (χ0v) is 12.4. The molecule has 3 nitrogen and oxygen atoms in total. The van der Waals surface area contributed by atoms with Crippen LogP contribution in [-0.2, 0) is 13.0 Å². The molecule has 20 heavy (non-hydrogen) atoms. The molecule has 1 heterocycles. The van der Waals surface area contributed by atoms with Gasteiger partial charge in [0.05, 0.1) is 0 Å². The molecule has 2 rings (SSSR count). The van der Waals surface area contributed by atoms with Crippen molar-refractivity contribution in [2.45, 2.75) is 39.8 Å². The van der Waals surface area contributed by atoms with Gasteiger partial charge in [0.2, 0.25) is 0 Å². The highest BCUT2D eigenvalue weighted by atomic mass is 19.1. The minimum absolute atomic E-state index is 0.160. The van der Waals surface area contributed by atoms with Crippen molar-refractivity contribution in [1.82, 2.24) is 14.9 Å². The highest BCUT2D eigenvalue weighted by molar-refractivity contribution is 5.30. The zero-order valence-electron chi connectivity index (χ0n) is 12.4. The Balaban J connectivity index is 2.27. The maximum absolute atomic E-state index is 13.3. The number of nitrogens with one attached hydrogen (secondary N) is 1. The molecule has 1 aromatic heterocycles. The fourth-order valence-electron chi connectivity index (χ4n) is 2.57. The number of hydrogen-bond donors (Lipinski definition) is 1. The van der Waals surface area contributed by atoms with Crippen LogP contribution in [0.2, 0.25) is 0 Å². The van der Waals surface area contributed by atoms with Crippen molar-refractivity contribution in [3.8, 4) is 0 Å². The van der Waals surface area contributed by atoms with Crippen LogP contribution < -0.4 is 5.32 Å². The molecule has 0 saturated carbocycles. The number of aromatic nitrogens is 2. The Labute approximate surface area is 119 Å². The second-order valence-electron chi connectivity index (χ2n) is 4.94. The molecule has 0 aliphatic heterocycles. The van der Waals surface area contributed by atoms with Crippen molar-refractivity contribution in [1.29, 1.82) is 0 Å². The van der Waals surface area contributed by atoms with E-state index in [0.717, 1.165) is 36.5 Å². The molecule has 0 amide bonds. The second kappa shape index (κ2) is 6.66. The van der Waals surface area contributed by atoms with Crippen LogP contribution in [0.3, 0.4) is 0 Å². The first kappa shape index (κ1) is 14.7. The van der Waals surface area contributed by atoms with Gasteiger partial charge in [0.25, 0.3) is 0 Å². The minimum Gasteiger partial charge on any atom is -0.335 e. The van der Waals surface area contributed by atoms with Crippen LogP contribution in [0.5, 0.6) is 0 Å². The molecule has 108 valence electrons.